The van der Waals surface area contributed by atoms with Gasteiger partial charge in [-0.3, -0.25) is 9.52 Å². The summed E-state index contributed by atoms with van der Waals surface area (Å²) in [5.41, 5.74) is 1.89. The van der Waals surface area contributed by atoms with Crippen LogP contribution in [0, 0.1) is 5.92 Å². The zero-order chi connectivity index (χ0) is 16.9. The number of carbonyl (C=O) groups is 1. The Bertz CT molecular complexity index is 745. The van der Waals surface area contributed by atoms with E-state index in [1.165, 1.54) is 0 Å². The van der Waals surface area contributed by atoms with Crippen molar-refractivity contribution in [2.24, 2.45) is 5.92 Å². The number of rotatable bonds is 4. The van der Waals surface area contributed by atoms with Crippen LogP contribution in [0.25, 0.3) is 0 Å². The summed E-state index contributed by atoms with van der Waals surface area (Å²) in [4.78, 5) is 12.1. The average Bonchev–Trinajstić information content (AvgIpc) is 3.07. The van der Waals surface area contributed by atoms with Gasteiger partial charge in [-0.1, -0.05) is 24.3 Å². The van der Waals surface area contributed by atoms with E-state index >= 15 is 0 Å². The number of alkyl halides is 3. The summed E-state index contributed by atoms with van der Waals surface area (Å²) in [7, 11) is -4.26. The number of halogens is 3. The molecule has 1 spiro atoms. The van der Waals surface area contributed by atoms with Crippen molar-refractivity contribution in [2.75, 3.05) is 5.75 Å². The van der Waals surface area contributed by atoms with Crippen molar-refractivity contribution in [3.05, 3.63) is 35.4 Å². The first-order valence-electron chi connectivity index (χ1n) is 7.32. The number of hydrogen-bond donors (Lipinski definition) is 1. The van der Waals surface area contributed by atoms with Gasteiger partial charge in [-0.05, 0) is 30.4 Å². The molecule has 1 saturated carbocycles. The maximum absolute atomic E-state index is 12.1. The fraction of sp³-hybridized carbons (Fsp3) is 0.533. The first-order chi connectivity index (χ1) is 10.6. The van der Waals surface area contributed by atoms with E-state index in [0.29, 0.717) is 6.42 Å². The molecule has 2 aliphatic carbocycles. The maximum Gasteiger partial charge on any atom is 0.390 e. The molecule has 1 aromatic rings. The Morgan fingerprint density at radius 1 is 1.30 bits per heavy atom. The van der Waals surface area contributed by atoms with Crippen molar-refractivity contribution in [1.82, 2.24) is 4.72 Å². The fourth-order valence-corrected chi connectivity index (χ4v) is 4.52. The molecule has 1 amide bonds. The Labute approximate surface area is 132 Å². The minimum absolute atomic E-state index is 0.333. The number of nitrogens with one attached hydrogen (secondary N) is 1. The second-order valence-electron chi connectivity index (χ2n) is 6.22. The topological polar surface area (TPSA) is 63.2 Å². The molecular weight excluding hydrogens is 331 g/mol. The standard InChI is InChI=1S/C15H16F3NO3S/c16-15(17,18)7-8-23(21,22)19-13(20)12-9-14(12)6-5-10-3-1-2-4-11(10)14/h1-4,12H,5-9H2,(H,19,20)/t12-,14+/m0/s1. The number of aryl methyl sites for hydroxylation is 1. The van der Waals surface area contributed by atoms with Crippen LogP contribution in [0.1, 0.15) is 30.4 Å². The van der Waals surface area contributed by atoms with Gasteiger partial charge in [0.15, 0.2) is 0 Å². The van der Waals surface area contributed by atoms with Crippen molar-refractivity contribution in [2.45, 2.75) is 37.3 Å². The molecule has 0 bridgehead atoms. The fourth-order valence-electron chi connectivity index (χ4n) is 3.46. The molecule has 1 fully saturated rings. The lowest BCUT2D eigenvalue weighted by atomic mass is 9.95. The first kappa shape index (κ1) is 16.3. The Morgan fingerprint density at radius 3 is 2.70 bits per heavy atom. The predicted molar refractivity (Wildman–Crippen MR) is 77.1 cm³/mol. The Balaban J connectivity index is 1.66. The van der Waals surface area contributed by atoms with Gasteiger partial charge < -0.3 is 0 Å². The van der Waals surface area contributed by atoms with Gasteiger partial charge in [0.25, 0.3) is 0 Å². The summed E-state index contributed by atoms with van der Waals surface area (Å²) in [6.45, 7) is 0. The number of carbonyl (C=O) groups excluding carboxylic acids is 1. The molecule has 0 heterocycles. The van der Waals surface area contributed by atoms with Gasteiger partial charge in [0.1, 0.15) is 0 Å². The zero-order valence-electron chi connectivity index (χ0n) is 12.2. The molecule has 2 aliphatic rings. The first-order valence-corrected chi connectivity index (χ1v) is 8.98. The predicted octanol–water partition coefficient (Wildman–Crippen LogP) is 2.29. The van der Waals surface area contributed by atoms with Crippen molar-refractivity contribution in [1.29, 1.82) is 0 Å². The summed E-state index contributed by atoms with van der Waals surface area (Å²) in [6.07, 6.45) is -3.88. The summed E-state index contributed by atoms with van der Waals surface area (Å²) < 4.78 is 61.4. The zero-order valence-corrected chi connectivity index (χ0v) is 13.0. The molecule has 2 atom stereocenters. The van der Waals surface area contributed by atoms with E-state index in [9.17, 15) is 26.4 Å². The number of fused-ring (bicyclic) bond motifs is 2. The van der Waals surface area contributed by atoms with Crippen LogP contribution in [0.4, 0.5) is 13.2 Å². The average molecular weight is 347 g/mol. The molecule has 1 N–H and O–H groups in total. The third-order valence-corrected chi connectivity index (χ3v) is 5.95. The number of hydrogen-bond acceptors (Lipinski definition) is 3. The van der Waals surface area contributed by atoms with Crippen molar-refractivity contribution < 1.29 is 26.4 Å². The lowest BCUT2D eigenvalue weighted by Crippen LogP contribution is -2.36. The molecular formula is C15H16F3NO3S. The lowest BCUT2D eigenvalue weighted by Gasteiger charge is -2.12. The Morgan fingerprint density at radius 2 is 2.00 bits per heavy atom. The second kappa shape index (κ2) is 5.22. The molecule has 0 unspecified atom stereocenters. The van der Waals surface area contributed by atoms with Crippen molar-refractivity contribution >= 4 is 15.9 Å². The van der Waals surface area contributed by atoms with Gasteiger partial charge in [0.2, 0.25) is 15.9 Å². The van der Waals surface area contributed by atoms with E-state index in [1.807, 2.05) is 24.3 Å². The van der Waals surface area contributed by atoms with Gasteiger partial charge in [0, 0.05) is 11.3 Å². The van der Waals surface area contributed by atoms with E-state index in [1.54, 1.807) is 4.72 Å². The van der Waals surface area contributed by atoms with Crippen LogP contribution in [-0.4, -0.2) is 26.3 Å². The molecule has 0 radical (unpaired) electrons. The van der Waals surface area contributed by atoms with E-state index < -0.39 is 40.2 Å². The van der Waals surface area contributed by atoms with Gasteiger partial charge >= 0.3 is 6.18 Å². The molecule has 0 aromatic heterocycles. The molecule has 4 nitrogen and oxygen atoms in total. The van der Waals surface area contributed by atoms with E-state index in [-0.39, 0.29) is 5.41 Å². The molecule has 23 heavy (non-hydrogen) atoms. The minimum atomic E-state index is -4.57. The van der Waals surface area contributed by atoms with E-state index in [4.69, 9.17) is 0 Å². The maximum atomic E-state index is 12.1. The van der Waals surface area contributed by atoms with Crippen LogP contribution in [0.3, 0.4) is 0 Å². The number of sulfonamides is 1. The van der Waals surface area contributed by atoms with E-state index in [0.717, 1.165) is 24.0 Å². The van der Waals surface area contributed by atoms with Crippen molar-refractivity contribution in [3.63, 3.8) is 0 Å². The van der Waals surface area contributed by atoms with Crippen LogP contribution < -0.4 is 4.72 Å². The third-order valence-electron chi connectivity index (χ3n) is 4.70. The largest absolute Gasteiger partial charge is 0.390 e. The number of amides is 1. The monoisotopic (exact) mass is 347 g/mol. The quantitative estimate of drug-likeness (QED) is 0.909. The summed E-state index contributed by atoms with van der Waals surface area (Å²) >= 11 is 0. The highest BCUT2D eigenvalue weighted by Gasteiger charge is 2.61. The van der Waals surface area contributed by atoms with Crippen molar-refractivity contribution in [3.8, 4) is 0 Å². The molecule has 1 aromatic carbocycles. The summed E-state index contributed by atoms with van der Waals surface area (Å²) in [5.74, 6) is -2.30. The van der Waals surface area contributed by atoms with Gasteiger partial charge in [-0.2, -0.15) is 13.2 Å². The lowest BCUT2D eigenvalue weighted by molar-refractivity contribution is -0.130. The van der Waals surface area contributed by atoms with Crippen LogP contribution >= 0.6 is 0 Å². The molecule has 126 valence electrons. The molecule has 8 heteroatoms. The molecule has 0 saturated heterocycles. The minimum Gasteiger partial charge on any atom is -0.274 e. The van der Waals surface area contributed by atoms with E-state index in [2.05, 4.69) is 0 Å². The van der Waals surface area contributed by atoms with Gasteiger partial charge in [-0.15, -0.1) is 0 Å². The van der Waals surface area contributed by atoms with Crippen LogP contribution in [0.15, 0.2) is 24.3 Å². The SMILES string of the molecule is O=C(NS(=O)(=O)CCC(F)(F)F)[C@@H]1C[C@@]12CCc1ccccc12. The number of benzene rings is 1. The Hall–Kier alpha value is -1.57. The van der Waals surface area contributed by atoms with Gasteiger partial charge in [0.05, 0.1) is 12.2 Å². The smallest absolute Gasteiger partial charge is 0.274 e. The third kappa shape index (κ3) is 3.22. The summed E-state index contributed by atoms with van der Waals surface area (Å²) in [6, 6.07) is 7.71. The highest BCUT2D eigenvalue weighted by Crippen LogP contribution is 2.61. The summed E-state index contributed by atoms with van der Waals surface area (Å²) in [5, 5.41) is 0. The highest BCUT2D eigenvalue weighted by atomic mass is 32.2. The Kier molecular flexibility index (Phi) is 3.70. The van der Waals surface area contributed by atoms with Gasteiger partial charge in [-0.25, -0.2) is 8.42 Å². The van der Waals surface area contributed by atoms with Crippen LogP contribution in [0.2, 0.25) is 0 Å². The van der Waals surface area contributed by atoms with Crippen LogP contribution in [0.5, 0.6) is 0 Å². The highest BCUT2D eigenvalue weighted by molar-refractivity contribution is 7.90. The normalized spacial score (nSPS) is 26.1. The van der Waals surface area contributed by atoms with Crippen LogP contribution in [-0.2, 0) is 26.7 Å². The molecule has 0 aliphatic heterocycles. The molecule has 3 rings (SSSR count). The second-order valence-corrected chi connectivity index (χ2v) is 8.06.